The van der Waals surface area contributed by atoms with Crippen LogP contribution >= 0.6 is 0 Å². The number of piperidine rings is 1. The number of fused-ring (bicyclic) bond motifs is 1. The van der Waals surface area contributed by atoms with Gasteiger partial charge in [0.15, 0.2) is 0 Å². The van der Waals surface area contributed by atoms with E-state index >= 15 is 0 Å². The zero-order valence-electron chi connectivity index (χ0n) is 16.7. The Balaban J connectivity index is 2.06. The van der Waals surface area contributed by atoms with Gasteiger partial charge in [0.05, 0.1) is 17.2 Å². The Kier molecular flexibility index (Phi) is 5.82. The summed E-state index contributed by atoms with van der Waals surface area (Å²) in [7, 11) is 0. The first-order valence-corrected chi connectivity index (χ1v) is 9.76. The molecule has 0 spiro atoms. The molecule has 1 aliphatic heterocycles. The number of benzene rings is 1. The Hall–Kier alpha value is -1.98. The number of hydrogen-bond acceptors (Lipinski definition) is 4. The molecular formula is C22H30N2O3. The van der Waals surface area contributed by atoms with Crippen LogP contribution in [-0.4, -0.2) is 46.8 Å². The first kappa shape index (κ1) is 19.8. The second-order valence-electron chi connectivity index (χ2n) is 8.56. The van der Waals surface area contributed by atoms with Gasteiger partial charge >= 0.3 is 5.97 Å². The number of ether oxygens (including phenoxy) is 1. The summed E-state index contributed by atoms with van der Waals surface area (Å²) in [5.74, 6) is -0.937. The van der Waals surface area contributed by atoms with E-state index in [1.165, 1.54) is 0 Å². The fourth-order valence-electron chi connectivity index (χ4n) is 4.15. The maximum Gasteiger partial charge on any atom is 0.337 e. The molecule has 1 aromatic heterocycles. The van der Waals surface area contributed by atoms with Crippen LogP contribution in [0.4, 0.5) is 0 Å². The third-order valence-corrected chi connectivity index (χ3v) is 5.14. The lowest BCUT2D eigenvalue weighted by Gasteiger charge is -2.42. The van der Waals surface area contributed by atoms with Crippen molar-refractivity contribution in [2.45, 2.75) is 52.7 Å². The summed E-state index contributed by atoms with van der Waals surface area (Å²) in [5, 5.41) is 10.5. The first-order chi connectivity index (χ1) is 12.8. The van der Waals surface area contributed by atoms with Gasteiger partial charge in [-0.3, -0.25) is 9.88 Å². The molecule has 5 heteroatoms. The average molecular weight is 370 g/mol. The maximum atomic E-state index is 11.6. The van der Waals surface area contributed by atoms with E-state index in [0.717, 1.165) is 43.5 Å². The van der Waals surface area contributed by atoms with Crippen LogP contribution in [0.3, 0.4) is 0 Å². The molecule has 0 aliphatic carbocycles. The van der Waals surface area contributed by atoms with Crippen molar-refractivity contribution < 1.29 is 14.6 Å². The van der Waals surface area contributed by atoms with Crippen molar-refractivity contribution in [3.63, 3.8) is 0 Å². The second-order valence-corrected chi connectivity index (χ2v) is 8.56. The molecule has 0 radical (unpaired) electrons. The number of aromatic nitrogens is 1. The third-order valence-electron chi connectivity index (χ3n) is 5.14. The molecule has 146 valence electrons. The number of aromatic carboxylic acids is 1. The van der Waals surface area contributed by atoms with E-state index in [1.54, 1.807) is 12.3 Å². The second kappa shape index (κ2) is 7.95. The normalized spacial score (nSPS) is 21.5. The molecular weight excluding hydrogens is 340 g/mol. The Morgan fingerprint density at radius 1 is 1.33 bits per heavy atom. The van der Waals surface area contributed by atoms with Crippen molar-refractivity contribution in [3.05, 3.63) is 41.6 Å². The minimum atomic E-state index is -0.937. The molecule has 1 aliphatic rings. The van der Waals surface area contributed by atoms with E-state index in [1.807, 2.05) is 25.1 Å². The van der Waals surface area contributed by atoms with Gasteiger partial charge in [0.2, 0.25) is 0 Å². The number of hydrogen-bond donors (Lipinski definition) is 1. The number of likely N-dealkylation sites (tertiary alicyclic amines) is 1. The van der Waals surface area contributed by atoms with Gasteiger partial charge in [0, 0.05) is 37.3 Å². The highest BCUT2D eigenvalue weighted by atomic mass is 16.5. The number of nitrogens with zero attached hydrogens (tertiary/aromatic N) is 2. The van der Waals surface area contributed by atoms with Crippen LogP contribution in [0.2, 0.25) is 0 Å². The summed E-state index contributed by atoms with van der Waals surface area (Å²) >= 11 is 0. The quantitative estimate of drug-likeness (QED) is 0.838. The van der Waals surface area contributed by atoms with Gasteiger partial charge in [-0.1, -0.05) is 32.9 Å². The van der Waals surface area contributed by atoms with Crippen LogP contribution in [0.25, 0.3) is 10.9 Å². The van der Waals surface area contributed by atoms with Gasteiger partial charge < -0.3 is 9.84 Å². The molecule has 5 nitrogen and oxygen atoms in total. The molecule has 0 unspecified atom stereocenters. The molecule has 2 aromatic rings. The number of rotatable bonds is 5. The molecule has 0 bridgehead atoms. The van der Waals surface area contributed by atoms with Gasteiger partial charge in [0.25, 0.3) is 0 Å². The fraction of sp³-hybridized carbons (Fsp3) is 0.545. The minimum Gasteiger partial charge on any atom is -0.478 e. The number of carbonyl (C=O) groups is 1. The summed E-state index contributed by atoms with van der Waals surface area (Å²) < 4.78 is 5.95. The van der Waals surface area contributed by atoms with E-state index in [-0.39, 0.29) is 23.1 Å². The van der Waals surface area contributed by atoms with Crippen molar-refractivity contribution in [3.8, 4) is 0 Å². The van der Waals surface area contributed by atoms with Crippen molar-refractivity contribution in [1.82, 2.24) is 9.88 Å². The highest BCUT2D eigenvalue weighted by molar-refractivity contribution is 6.02. The molecule has 1 saturated heterocycles. The van der Waals surface area contributed by atoms with Gasteiger partial charge in [-0.05, 0) is 42.9 Å². The van der Waals surface area contributed by atoms with Crippen LogP contribution in [0.5, 0.6) is 0 Å². The zero-order chi connectivity index (χ0) is 19.6. The van der Waals surface area contributed by atoms with E-state index in [2.05, 4.69) is 30.7 Å². The standard InChI is InChI=1S/C22H30N2O3/c1-5-27-15-10-12-24(14-22(2,3)4)19(13-15)16-8-9-18(21(25)26)20-17(16)7-6-11-23-20/h6-9,11,15,19H,5,10,12-14H2,1-4H3,(H,25,26)/t15-,19-/m0/s1. The smallest absolute Gasteiger partial charge is 0.337 e. The van der Waals surface area contributed by atoms with Gasteiger partial charge in [-0.25, -0.2) is 4.79 Å². The Morgan fingerprint density at radius 3 is 2.78 bits per heavy atom. The average Bonchev–Trinajstić information content (AvgIpc) is 2.61. The van der Waals surface area contributed by atoms with Crippen LogP contribution in [0, 0.1) is 5.41 Å². The minimum absolute atomic E-state index is 0.186. The van der Waals surface area contributed by atoms with E-state index in [0.29, 0.717) is 5.52 Å². The predicted octanol–water partition coefficient (Wildman–Crippen LogP) is 4.52. The van der Waals surface area contributed by atoms with Gasteiger partial charge in [0.1, 0.15) is 0 Å². The molecule has 0 amide bonds. The summed E-state index contributed by atoms with van der Waals surface area (Å²) in [5.41, 5.74) is 2.16. The van der Waals surface area contributed by atoms with Gasteiger partial charge in [-0.15, -0.1) is 0 Å². The Labute approximate surface area is 161 Å². The molecule has 2 heterocycles. The van der Waals surface area contributed by atoms with Crippen LogP contribution in [-0.2, 0) is 4.74 Å². The van der Waals surface area contributed by atoms with E-state index < -0.39 is 5.97 Å². The highest BCUT2D eigenvalue weighted by Crippen LogP contribution is 2.38. The molecule has 3 rings (SSSR count). The topological polar surface area (TPSA) is 62.7 Å². The molecule has 1 aromatic carbocycles. The lowest BCUT2D eigenvalue weighted by atomic mass is 9.87. The lowest BCUT2D eigenvalue weighted by molar-refractivity contribution is -0.0194. The summed E-state index contributed by atoms with van der Waals surface area (Å²) in [6.07, 6.45) is 3.85. The summed E-state index contributed by atoms with van der Waals surface area (Å²) in [4.78, 5) is 18.5. The largest absolute Gasteiger partial charge is 0.478 e. The van der Waals surface area contributed by atoms with Crippen molar-refractivity contribution in [1.29, 1.82) is 0 Å². The van der Waals surface area contributed by atoms with Crippen molar-refractivity contribution in [2.75, 3.05) is 19.7 Å². The number of carboxylic acid groups (broad SMARTS) is 1. The number of pyridine rings is 1. The Morgan fingerprint density at radius 2 is 2.11 bits per heavy atom. The lowest BCUT2D eigenvalue weighted by Crippen LogP contribution is -2.43. The monoisotopic (exact) mass is 370 g/mol. The number of carboxylic acids is 1. The third kappa shape index (κ3) is 4.47. The molecule has 1 fully saturated rings. The van der Waals surface area contributed by atoms with Crippen LogP contribution in [0.15, 0.2) is 30.5 Å². The maximum absolute atomic E-state index is 11.6. The highest BCUT2D eigenvalue weighted by Gasteiger charge is 2.33. The molecule has 0 saturated carbocycles. The predicted molar refractivity (Wildman–Crippen MR) is 107 cm³/mol. The fourth-order valence-corrected chi connectivity index (χ4v) is 4.15. The summed E-state index contributed by atoms with van der Waals surface area (Å²) in [6.45, 7) is 11.5. The summed E-state index contributed by atoms with van der Waals surface area (Å²) in [6, 6.07) is 7.75. The van der Waals surface area contributed by atoms with Gasteiger partial charge in [-0.2, -0.15) is 0 Å². The first-order valence-electron chi connectivity index (χ1n) is 9.76. The van der Waals surface area contributed by atoms with E-state index in [9.17, 15) is 9.90 Å². The zero-order valence-corrected chi connectivity index (χ0v) is 16.7. The molecule has 1 N–H and O–H groups in total. The van der Waals surface area contributed by atoms with Crippen molar-refractivity contribution in [2.24, 2.45) is 5.41 Å². The molecule has 27 heavy (non-hydrogen) atoms. The molecule has 2 atom stereocenters. The van der Waals surface area contributed by atoms with Crippen LogP contribution in [0.1, 0.15) is 62.5 Å². The SMILES string of the molecule is CCO[C@H]1CCN(CC(C)(C)C)[C@H](c2ccc(C(=O)O)c3ncccc23)C1. The van der Waals surface area contributed by atoms with E-state index in [4.69, 9.17) is 4.74 Å². The van der Waals surface area contributed by atoms with Crippen LogP contribution < -0.4 is 0 Å². The van der Waals surface area contributed by atoms with Crippen molar-refractivity contribution >= 4 is 16.9 Å². The Bertz CT molecular complexity index is 813.